The molecule has 0 atom stereocenters. The number of hydrogen-bond acceptors (Lipinski definition) is 2. The third-order valence-corrected chi connectivity index (χ3v) is 3.28. The average Bonchev–Trinajstić information content (AvgIpc) is 2.81. The number of hydrogen-bond donors (Lipinski definition) is 1. The molecule has 0 fully saturated rings. The molecule has 0 amide bonds. The molecule has 3 heteroatoms. The minimum Gasteiger partial charge on any atom is -0.384 e. The fraction of sp³-hybridized carbons (Fsp3) is 0.214. The molecule has 0 unspecified atom stereocenters. The number of anilines is 1. The summed E-state index contributed by atoms with van der Waals surface area (Å²) in [4.78, 5) is 3.67. The maximum absolute atomic E-state index is 13.5. The lowest BCUT2D eigenvalue weighted by molar-refractivity contribution is 0.575. The summed E-state index contributed by atoms with van der Waals surface area (Å²) in [6.07, 6.45) is 2.56. The summed E-state index contributed by atoms with van der Waals surface area (Å²) >= 11 is 0. The van der Waals surface area contributed by atoms with E-state index in [9.17, 15) is 4.39 Å². The Morgan fingerprint density at radius 1 is 1.24 bits per heavy atom. The third kappa shape index (κ3) is 1.58. The van der Waals surface area contributed by atoms with Crippen molar-refractivity contribution >= 4 is 5.69 Å². The van der Waals surface area contributed by atoms with Crippen LogP contribution in [0, 0.1) is 12.9 Å². The van der Waals surface area contributed by atoms with Crippen LogP contribution in [0.1, 0.15) is 11.1 Å². The first-order chi connectivity index (χ1) is 8.27. The molecule has 2 nitrogen and oxygen atoms in total. The van der Waals surface area contributed by atoms with Crippen LogP contribution in [0.25, 0.3) is 11.1 Å². The smallest absolute Gasteiger partial charge is 0.216 e. The Morgan fingerprint density at radius 2 is 2.12 bits per heavy atom. The number of benzene rings is 1. The number of para-hydroxylation sites is 1. The van der Waals surface area contributed by atoms with Gasteiger partial charge in [-0.05, 0) is 30.5 Å². The Labute approximate surface area is 99.5 Å². The Hall–Kier alpha value is -1.90. The van der Waals surface area contributed by atoms with Crippen LogP contribution >= 0.6 is 0 Å². The number of pyridine rings is 1. The molecule has 1 N–H and O–H groups in total. The van der Waals surface area contributed by atoms with E-state index in [1.807, 2.05) is 18.2 Å². The molecular formula is C14H13FN2. The molecule has 0 saturated carbocycles. The van der Waals surface area contributed by atoms with Gasteiger partial charge < -0.3 is 5.32 Å². The van der Waals surface area contributed by atoms with Crippen molar-refractivity contribution < 1.29 is 4.39 Å². The van der Waals surface area contributed by atoms with E-state index in [1.54, 1.807) is 6.92 Å². The van der Waals surface area contributed by atoms with Crippen molar-refractivity contribution in [2.75, 3.05) is 11.9 Å². The lowest BCUT2D eigenvalue weighted by atomic mass is 9.98. The largest absolute Gasteiger partial charge is 0.384 e. The van der Waals surface area contributed by atoms with Gasteiger partial charge in [0.1, 0.15) is 0 Å². The normalized spacial score (nSPS) is 13.3. The second kappa shape index (κ2) is 3.84. The predicted octanol–water partition coefficient (Wildman–Crippen LogP) is 3.16. The number of halogens is 1. The van der Waals surface area contributed by atoms with Gasteiger partial charge in [0.15, 0.2) is 0 Å². The second-order valence-electron chi connectivity index (χ2n) is 4.29. The molecule has 0 spiro atoms. The van der Waals surface area contributed by atoms with Gasteiger partial charge in [-0.3, -0.25) is 0 Å². The average molecular weight is 228 g/mol. The van der Waals surface area contributed by atoms with E-state index in [1.165, 1.54) is 11.8 Å². The Balaban J connectivity index is 2.23. The topological polar surface area (TPSA) is 24.9 Å². The summed E-state index contributed by atoms with van der Waals surface area (Å²) in [5.74, 6) is -0.391. The van der Waals surface area contributed by atoms with Crippen molar-refractivity contribution in [1.82, 2.24) is 4.98 Å². The zero-order chi connectivity index (χ0) is 11.8. The van der Waals surface area contributed by atoms with E-state index in [4.69, 9.17) is 0 Å². The molecule has 1 aromatic heterocycles. The molecule has 86 valence electrons. The Bertz CT molecular complexity index is 578. The van der Waals surface area contributed by atoms with Gasteiger partial charge in [0, 0.05) is 29.6 Å². The molecule has 1 aliphatic rings. The van der Waals surface area contributed by atoms with Crippen LogP contribution in [-0.4, -0.2) is 11.5 Å². The van der Waals surface area contributed by atoms with Crippen LogP contribution in [0.15, 0.2) is 30.5 Å². The monoisotopic (exact) mass is 228 g/mol. The van der Waals surface area contributed by atoms with Gasteiger partial charge >= 0.3 is 0 Å². The van der Waals surface area contributed by atoms with Crippen LogP contribution in [0.3, 0.4) is 0 Å². The van der Waals surface area contributed by atoms with Crippen LogP contribution in [0.4, 0.5) is 10.1 Å². The highest BCUT2D eigenvalue weighted by Crippen LogP contribution is 2.35. The summed E-state index contributed by atoms with van der Waals surface area (Å²) in [7, 11) is 0. The van der Waals surface area contributed by atoms with Gasteiger partial charge in [0.25, 0.3) is 0 Å². The number of aromatic nitrogens is 1. The summed E-state index contributed by atoms with van der Waals surface area (Å²) < 4.78 is 13.5. The highest BCUT2D eigenvalue weighted by molar-refractivity contribution is 5.83. The van der Waals surface area contributed by atoms with E-state index in [0.717, 1.165) is 29.8 Å². The van der Waals surface area contributed by atoms with Crippen LogP contribution < -0.4 is 5.32 Å². The SMILES string of the molecule is Cc1c(-c2cccc3c2NCC3)ccnc1F. The third-order valence-electron chi connectivity index (χ3n) is 3.28. The zero-order valence-corrected chi connectivity index (χ0v) is 9.63. The second-order valence-corrected chi connectivity index (χ2v) is 4.29. The fourth-order valence-electron chi connectivity index (χ4n) is 2.37. The first-order valence-corrected chi connectivity index (χ1v) is 5.74. The van der Waals surface area contributed by atoms with Crippen molar-refractivity contribution in [3.05, 3.63) is 47.5 Å². The first kappa shape index (κ1) is 10.3. The van der Waals surface area contributed by atoms with Gasteiger partial charge in [-0.1, -0.05) is 18.2 Å². The van der Waals surface area contributed by atoms with Crippen molar-refractivity contribution in [3.8, 4) is 11.1 Å². The standard InChI is InChI=1S/C14H13FN2/c1-9-11(6-8-17-14(9)15)12-4-2-3-10-5-7-16-13(10)12/h2-4,6,8,16H,5,7H2,1H3. The molecule has 17 heavy (non-hydrogen) atoms. The lowest BCUT2D eigenvalue weighted by Crippen LogP contribution is -1.96. The molecule has 2 aromatic rings. The van der Waals surface area contributed by atoms with Gasteiger partial charge in [0.2, 0.25) is 5.95 Å². The first-order valence-electron chi connectivity index (χ1n) is 5.74. The molecule has 0 saturated heterocycles. The maximum atomic E-state index is 13.5. The van der Waals surface area contributed by atoms with Gasteiger partial charge in [-0.2, -0.15) is 4.39 Å². The number of rotatable bonds is 1. The van der Waals surface area contributed by atoms with Crippen LogP contribution in [0.5, 0.6) is 0 Å². The molecular weight excluding hydrogens is 215 g/mol. The maximum Gasteiger partial charge on any atom is 0.216 e. The van der Waals surface area contributed by atoms with Gasteiger partial charge in [-0.15, -0.1) is 0 Å². The minimum absolute atomic E-state index is 0.391. The molecule has 2 heterocycles. The molecule has 0 aliphatic carbocycles. The number of fused-ring (bicyclic) bond motifs is 1. The van der Waals surface area contributed by atoms with E-state index < -0.39 is 5.95 Å². The zero-order valence-electron chi connectivity index (χ0n) is 9.63. The molecule has 1 aliphatic heterocycles. The quantitative estimate of drug-likeness (QED) is 0.758. The van der Waals surface area contributed by atoms with Crippen LogP contribution in [0.2, 0.25) is 0 Å². The minimum atomic E-state index is -0.391. The highest BCUT2D eigenvalue weighted by Gasteiger charge is 2.16. The van der Waals surface area contributed by atoms with Crippen LogP contribution in [-0.2, 0) is 6.42 Å². The molecule has 0 radical (unpaired) electrons. The Morgan fingerprint density at radius 3 is 3.00 bits per heavy atom. The number of nitrogens with one attached hydrogen (secondary N) is 1. The summed E-state index contributed by atoms with van der Waals surface area (Å²) in [6, 6.07) is 8.04. The summed E-state index contributed by atoms with van der Waals surface area (Å²) in [6.45, 7) is 2.73. The number of nitrogens with zero attached hydrogens (tertiary/aromatic N) is 1. The Kier molecular flexibility index (Phi) is 2.32. The van der Waals surface area contributed by atoms with Crippen molar-refractivity contribution in [2.24, 2.45) is 0 Å². The van der Waals surface area contributed by atoms with Gasteiger partial charge in [-0.25, -0.2) is 4.98 Å². The van der Waals surface area contributed by atoms with Crippen molar-refractivity contribution in [1.29, 1.82) is 0 Å². The summed E-state index contributed by atoms with van der Waals surface area (Å²) in [5.41, 5.74) is 5.04. The highest BCUT2D eigenvalue weighted by atomic mass is 19.1. The van der Waals surface area contributed by atoms with E-state index in [0.29, 0.717) is 5.56 Å². The van der Waals surface area contributed by atoms with E-state index in [2.05, 4.69) is 16.4 Å². The fourth-order valence-corrected chi connectivity index (χ4v) is 2.37. The molecule has 3 rings (SSSR count). The predicted molar refractivity (Wildman–Crippen MR) is 66.6 cm³/mol. The van der Waals surface area contributed by atoms with E-state index >= 15 is 0 Å². The molecule has 0 bridgehead atoms. The van der Waals surface area contributed by atoms with Crippen molar-refractivity contribution in [3.63, 3.8) is 0 Å². The van der Waals surface area contributed by atoms with Crippen molar-refractivity contribution in [2.45, 2.75) is 13.3 Å². The molecule has 1 aromatic carbocycles. The van der Waals surface area contributed by atoms with E-state index in [-0.39, 0.29) is 0 Å². The lowest BCUT2D eigenvalue weighted by Gasteiger charge is -2.11. The van der Waals surface area contributed by atoms with Gasteiger partial charge in [0.05, 0.1) is 0 Å². The summed E-state index contributed by atoms with van der Waals surface area (Å²) in [5, 5.41) is 3.37.